The fourth-order valence-electron chi connectivity index (χ4n) is 3.26. The van der Waals surface area contributed by atoms with Crippen molar-refractivity contribution in [2.75, 3.05) is 25.0 Å². The minimum atomic E-state index is 0.366. The zero-order chi connectivity index (χ0) is 16.8. The predicted octanol–water partition coefficient (Wildman–Crippen LogP) is 4.12. The van der Waals surface area contributed by atoms with Crippen LogP contribution in [0.25, 0.3) is 0 Å². The van der Waals surface area contributed by atoms with Gasteiger partial charge in [-0.1, -0.05) is 48.5 Å². The van der Waals surface area contributed by atoms with Crippen molar-refractivity contribution in [1.29, 1.82) is 0 Å². The maximum atomic E-state index is 5.50. The molecule has 2 aromatic carbocycles. The molecule has 1 heterocycles. The Morgan fingerprint density at radius 3 is 2.42 bits per heavy atom. The van der Waals surface area contributed by atoms with E-state index in [9.17, 15) is 0 Å². The Kier molecular flexibility index (Phi) is 5.83. The minimum absolute atomic E-state index is 0.366. The summed E-state index contributed by atoms with van der Waals surface area (Å²) >= 11 is 5.50. The van der Waals surface area contributed by atoms with Crippen LogP contribution in [0.15, 0.2) is 54.6 Å². The predicted molar refractivity (Wildman–Crippen MR) is 105 cm³/mol. The SMILES string of the molecule is Cc1ccccc1NC(=S)NC[C@H](c1ccccc1)N1CCCC1. The summed E-state index contributed by atoms with van der Waals surface area (Å²) in [7, 11) is 0. The van der Waals surface area contributed by atoms with E-state index < -0.39 is 0 Å². The fraction of sp³-hybridized carbons (Fsp3) is 0.350. The zero-order valence-corrected chi connectivity index (χ0v) is 15.0. The van der Waals surface area contributed by atoms with Gasteiger partial charge in [-0.3, -0.25) is 4.90 Å². The third kappa shape index (κ3) is 4.34. The van der Waals surface area contributed by atoms with Crippen LogP contribution < -0.4 is 10.6 Å². The van der Waals surface area contributed by atoms with Crippen LogP contribution in [-0.4, -0.2) is 29.6 Å². The number of aryl methyl sites for hydroxylation is 1. The Morgan fingerprint density at radius 1 is 1.04 bits per heavy atom. The number of anilines is 1. The van der Waals surface area contributed by atoms with E-state index in [0.717, 1.165) is 12.2 Å². The summed E-state index contributed by atoms with van der Waals surface area (Å²) in [6.07, 6.45) is 2.57. The van der Waals surface area contributed by atoms with Gasteiger partial charge in [-0.25, -0.2) is 0 Å². The molecule has 0 saturated carbocycles. The molecule has 3 rings (SSSR count). The van der Waals surface area contributed by atoms with Gasteiger partial charge in [-0.15, -0.1) is 0 Å². The summed E-state index contributed by atoms with van der Waals surface area (Å²) in [6, 6.07) is 19.3. The smallest absolute Gasteiger partial charge is 0.170 e. The molecule has 1 aliphatic heterocycles. The Labute approximate surface area is 150 Å². The first-order valence-electron chi connectivity index (χ1n) is 8.63. The molecule has 0 radical (unpaired) electrons. The maximum absolute atomic E-state index is 5.50. The lowest BCUT2D eigenvalue weighted by Crippen LogP contribution is -2.38. The molecule has 4 heteroatoms. The molecule has 1 saturated heterocycles. The fourth-order valence-corrected chi connectivity index (χ4v) is 3.45. The number of rotatable bonds is 5. The van der Waals surface area contributed by atoms with Crippen LogP contribution in [0.1, 0.15) is 30.0 Å². The van der Waals surface area contributed by atoms with Crippen molar-refractivity contribution < 1.29 is 0 Å². The molecule has 0 spiro atoms. The van der Waals surface area contributed by atoms with Gasteiger partial charge in [0, 0.05) is 12.2 Å². The number of benzene rings is 2. The largest absolute Gasteiger partial charge is 0.361 e. The standard InChI is InChI=1S/C20H25N3S/c1-16-9-5-6-12-18(16)22-20(24)21-15-19(23-13-7-8-14-23)17-10-3-2-4-11-17/h2-6,9-12,19H,7-8,13-15H2,1H3,(H2,21,22,24)/t19-/m1/s1. The summed E-state index contributed by atoms with van der Waals surface area (Å²) in [5.41, 5.74) is 3.61. The van der Waals surface area contributed by atoms with Crippen molar-refractivity contribution in [1.82, 2.24) is 10.2 Å². The van der Waals surface area contributed by atoms with Gasteiger partial charge < -0.3 is 10.6 Å². The lowest BCUT2D eigenvalue weighted by atomic mass is 10.1. The van der Waals surface area contributed by atoms with Crippen molar-refractivity contribution in [2.45, 2.75) is 25.8 Å². The molecule has 3 nitrogen and oxygen atoms in total. The molecule has 0 amide bonds. The average Bonchev–Trinajstić information content (AvgIpc) is 3.12. The summed E-state index contributed by atoms with van der Waals surface area (Å²) in [6.45, 7) is 5.24. The third-order valence-corrected chi connectivity index (χ3v) is 4.86. The topological polar surface area (TPSA) is 27.3 Å². The number of likely N-dealkylation sites (tertiary alicyclic amines) is 1. The lowest BCUT2D eigenvalue weighted by Gasteiger charge is -2.28. The number of para-hydroxylation sites is 1. The molecule has 0 unspecified atom stereocenters. The van der Waals surface area contributed by atoms with E-state index >= 15 is 0 Å². The molecule has 126 valence electrons. The van der Waals surface area contributed by atoms with E-state index in [1.807, 2.05) is 12.1 Å². The molecule has 0 bridgehead atoms. The van der Waals surface area contributed by atoms with Crippen molar-refractivity contribution in [3.05, 3.63) is 65.7 Å². The van der Waals surface area contributed by atoms with Crippen LogP contribution in [0, 0.1) is 6.92 Å². The van der Waals surface area contributed by atoms with Crippen LogP contribution in [0.4, 0.5) is 5.69 Å². The number of hydrogen-bond donors (Lipinski definition) is 2. The minimum Gasteiger partial charge on any atom is -0.361 e. The Bertz CT molecular complexity index is 666. The van der Waals surface area contributed by atoms with E-state index in [2.05, 4.69) is 64.9 Å². The first-order chi connectivity index (χ1) is 11.7. The van der Waals surface area contributed by atoms with Crippen molar-refractivity contribution in [3.8, 4) is 0 Å². The van der Waals surface area contributed by atoms with Crippen molar-refractivity contribution in [3.63, 3.8) is 0 Å². The summed E-state index contributed by atoms with van der Waals surface area (Å²) in [5.74, 6) is 0. The molecule has 1 atom stereocenters. The molecular weight excluding hydrogens is 314 g/mol. The van der Waals surface area contributed by atoms with Gasteiger partial charge in [-0.2, -0.15) is 0 Å². The average molecular weight is 340 g/mol. The molecule has 1 fully saturated rings. The van der Waals surface area contributed by atoms with Crippen LogP contribution in [0.2, 0.25) is 0 Å². The molecule has 0 aliphatic carbocycles. The van der Waals surface area contributed by atoms with Crippen molar-refractivity contribution >= 4 is 23.0 Å². The van der Waals surface area contributed by atoms with Gasteiger partial charge in [0.15, 0.2) is 5.11 Å². The second-order valence-corrected chi connectivity index (χ2v) is 6.73. The summed E-state index contributed by atoms with van der Waals surface area (Å²) < 4.78 is 0. The Balaban J connectivity index is 1.63. The normalized spacial score (nSPS) is 15.9. The molecule has 24 heavy (non-hydrogen) atoms. The highest BCUT2D eigenvalue weighted by molar-refractivity contribution is 7.80. The third-order valence-electron chi connectivity index (χ3n) is 4.62. The number of hydrogen-bond acceptors (Lipinski definition) is 2. The summed E-state index contributed by atoms with van der Waals surface area (Å²) in [4.78, 5) is 2.55. The molecule has 1 aliphatic rings. The van der Waals surface area contributed by atoms with Crippen LogP contribution in [0.5, 0.6) is 0 Å². The van der Waals surface area contributed by atoms with Gasteiger partial charge in [-0.05, 0) is 62.3 Å². The highest BCUT2D eigenvalue weighted by Crippen LogP contribution is 2.24. The molecule has 2 N–H and O–H groups in total. The van der Waals surface area contributed by atoms with Crippen LogP contribution in [-0.2, 0) is 0 Å². The van der Waals surface area contributed by atoms with Crippen molar-refractivity contribution in [2.24, 2.45) is 0 Å². The molecule has 2 aromatic rings. The first-order valence-corrected chi connectivity index (χ1v) is 9.04. The molecule has 0 aromatic heterocycles. The number of nitrogens with one attached hydrogen (secondary N) is 2. The van der Waals surface area contributed by atoms with Gasteiger partial charge in [0.2, 0.25) is 0 Å². The molecular formula is C20H25N3S. The van der Waals surface area contributed by atoms with E-state index in [1.54, 1.807) is 0 Å². The first kappa shape index (κ1) is 16.9. The van der Waals surface area contributed by atoms with Crippen LogP contribution in [0.3, 0.4) is 0 Å². The van der Waals surface area contributed by atoms with Gasteiger partial charge in [0.25, 0.3) is 0 Å². The zero-order valence-electron chi connectivity index (χ0n) is 14.2. The van der Waals surface area contributed by atoms with Gasteiger partial charge in [0.1, 0.15) is 0 Å². The Hall–Kier alpha value is -1.91. The number of thiocarbonyl (C=S) groups is 1. The van der Waals surface area contributed by atoms with Gasteiger partial charge >= 0.3 is 0 Å². The van der Waals surface area contributed by atoms with E-state index in [4.69, 9.17) is 12.2 Å². The summed E-state index contributed by atoms with van der Waals surface area (Å²) in [5, 5.41) is 7.41. The van der Waals surface area contributed by atoms with E-state index in [1.165, 1.54) is 37.1 Å². The van der Waals surface area contributed by atoms with Crippen LogP contribution >= 0.6 is 12.2 Å². The monoisotopic (exact) mass is 339 g/mol. The highest BCUT2D eigenvalue weighted by Gasteiger charge is 2.23. The maximum Gasteiger partial charge on any atom is 0.170 e. The van der Waals surface area contributed by atoms with E-state index in [-0.39, 0.29) is 0 Å². The lowest BCUT2D eigenvalue weighted by molar-refractivity contribution is 0.246. The van der Waals surface area contributed by atoms with Gasteiger partial charge in [0.05, 0.1) is 6.04 Å². The van der Waals surface area contributed by atoms with E-state index in [0.29, 0.717) is 11.2 Å². The quantitative estimate of drug-likeness (QED) is 0.802. The highest BCUT2D eigenvalue weighted by atomic mass is 32.1. The second-order valence-electron chi connectivity index (χ2n) is 6.32. The number of nitrogens with zero attached hydrogens (tertiary/aromatic N) is 1. The Morgan fingerprint density at radius 2 is 1.71 bits per heavy atom. The second kappa shape index (κ2) is 8.27.